The highest BCUT2D eigenvalue weighted by atomic mass is 32.1. The van der Waals surface area contributed by atoms with E-state index in [2.05, 4.69) is 10.1 Å². The first-order valence-electron chi connectivity index (χ1n) is 6.24. The van der Waals surface area contributed by atoms with Gasteiger partial charge in [-0.1, -0.05) is 19.9 Å². The molecule has 0 spiro atoms. The van der Waals surface area contributed by atoms with E-state index in [0.717, 1.165) is 10.6 Å². The molecule has 0 aromatic carbocycles. The highest BCUT2D eigenvalue weighted by Crippen LogP contribution is 2.25. The van der Waals surface area contributed by atoms with Crippen LogP contribution >= 0.6 is 11.3 Å². The number of nitrogens with zero attached hydrogens (tertiary/aromatic N) is 3. The van der Waals surface area contributed by atoms with Gasteiger partial charge in [0.05, 0.1) is 16.3 Å². The smallest absolute Gasteiger partial charge is 0.354 e. The quantitative estimate of drug-likeness (QED) is 0.802. The van der Waals surface area contributed by atoms with Gasteiger partial charge in [-0.3, -0.25) is 0 Å². The normalized spacial score (nSPS) is 11.3. The number of aromatic carboxylic acids is 1. The Hall–Kier alpha value is -2.21. The maximum Gasteiger partial charge on any atom is 0.354 e. The molecule has 6 heteroatoms. The summed E-state index contributed by atoms with van der Waals surface area (Å²) in [6, 6.07) is 7.25. The average molecular weight is 287 g/mol. The van der Waals surface area contributed by atoms with Crippen molar-refractivity contribution in [3.8, 4) is 10.6 Å². The third kappa shape index (κ3) is 2.08. The summed E-state index contributed by atoms with van der Waals surface area (Å²) in [5.74, 6) is -0.780. The average Bonchev–Trinajstić information content (AvgIpc) is 3.06. The van der Waals surface area contributed by atoms with Crippen LogP contribution in [0.1, 0.15) is 35.9 Å². The summed E-state index contributed by atoms with van der Waals surface area (Å²) < 4.78 is 1.40. The molecule has 0 aliphatic rings. The van der Waals surface area contributed by atoms with Crippen LogP contribution in [0, 0.1) is 0 Å². The largest absolute Gasteiger partial charge is 0.477 e. The zero-order chi connectivity index (χ0) is 14.3. The first-order valence-corrected chi connectivity index (χ1v) is 7.12. The molecular formula is C14H13N3O2S. The molecule has 3 rings (SSSR count). The van der Waals surface area contributed by atoms with E-state index < -0.39 is 5.97 Å². The van der Waals surface area contributed by atoms with Crippen LogP contribution in [0.4, 0.5) is 0 Å². The van der Waals surface area contributed by atoms with Gasteiger partial charge < -0.3 is 5.11 Å². The van der Waals surface area contributed by atoms with E-state index in [0.29, 0.717) is 11.3 Å². The molecule has 3 aromatic rings. The van der Waals surface area contributed by atoms with Crippen molar-refractivity contribution in [2.45, 2.75) is 19.8 Å². The highest BCUT2D eigenvalue weighted by Gasteiger charge is 2.16. The van der Waals surface area contributed by atoms with Crippen molar-refractivity contribution in [1.29, 1.82) is 0 Å². The molecule has 1 N–H and O–H groups in total. The Morgan fingerprint density at radius 2 is 2.20 bits per heavy atom. The van der Waals surface area contributed by atoms with Gasteiger partial charge >= 0.3 is 5.97 Å². The number of carboxylic acid groups (broad SMARTS) is 1. The minimum atomic E-state index is -1.01. The van der Waals surface area contributed by atoms with Crippen molar-refractivity contribution in [3.05, 3.63) is 41.0 Å². The molecule has 20 heavy (non-hydrogen) atoms. The number of hydrogen-bond donors (Lipinski definition) is 1. The first kappa shape index (κ1) is 12.8. The Morgan fingerprint density at radius 1 is 1.40 bits per heavy atom. The maximum absolute atomic E-state index is 11.4. The van der Waals surface area contributed by atoms with Gasteiger partial charge in [0.2, 0.25) is 0 Å². The molecule has 0 bridgehead atoms. The molecule has 5 nitrogen and oxygen atoms in total. The van der Waals surface area contributed by atoms with Crippen LogP contribution in [0.3, 0.4) is 0 Å². The van der Waals surface area contributed by atoms with Crippen LogP contribution in [-0.4, -0.2) is 25.7 Å². The number of aromatic nitrogens is 3. The van der Waals surface area contributed by atoms with Crippen LogP contribution < -0.4 is 0 Å². The van der Waals surface area contributed by atoms with Crippen LogP contribution in [0.15, 0.2) is 29.6 Å². The summed E-state index contributed by atoms with van der Waals surface area (Å²) in [5.41, 5.74) is 2.20. The van der Waals surface area contributed by atoms with E-state index in [1.165, 1.54) is 15.9 Å². The summed E-state index contributed by atoms with van der Waals surface area (Å²) >= 11 is 1.53. The van der Waals surface area contributed by atoms with Crippen LogP contribution in [0.2, 0.25) is 0 Å². The molecule has 0 aliphatic carbocycles. The fourth-order valence-corrected chi connectivity index (χ4v) is 2.66. The topological polar surface area (TPSA) is 67.5 Å². The van der Waals surface area contributed by atoms with Crippen molar-refractivity contribution >= 4 is 23.0 Å². The van der Waals surface area contributed by atoms with Crippen molar-refractivity contribution in [1.82, 2.24) is 14.6 Å². The Balaban J connectivity index is 2.28. The second-order valence-electron chi connectivity index (χ2n) is 4.80. The van der Waals surface area contributed by atoms with E-state index in [-0.39, 0.29) is 11.6 Å². The molecule has 3 heterocycles. The lowest BCUT2D eigenvalue weighted by molar-refractivity contribution is 0.0687. The highest BCUT2D eigenvalue weighted by molar-refractivity contribution is 7.13. The summed E-state index contributed by atoms with van der Waals surface area (Å²) in [6.07, 6.45) is 0. The molecule has 0 atom stereocenters. The molecule has 0 aliphatic heterocycles. The predicted octanol–water partition coefficient (Wildman–Crippen LogP) is 3.28. The Bertz CT molecular complexity index is 775. The van der Waals surface area contributed by atoms with Gasteiger partial charge in [-0.2, -0.15) is 5.10 Å². The lowest BCUT2D eigenvalue weighted by Gasteiger charge is -2.03. The van der Waals surface area contributed by atoms with Crippen molar-refractivity contribution < 1.29 is 9.90 Å². The Kier molecular flexibility index (Phi) is 3.02. The number of carboxylic acids is 1. The van der Waals surface area contributed by atoms with Crippen LogP contribution in [0.5, 0.6) is 0 Å². The molecule has 0 amide bonds. The van der Waals surface area contributed by atoms with E-state index in [9.17, 15) is 9.90 Å². The van der Waals surface area contributed by atoms with Gasteiger partial charge in [-0.25, -0.2) is 14.3 Å². The number of fused-ring (bicyclic) bond motifs is 1. The zero-order valence-electron chi connectivity index (χ0n) is 11.1. The summed E-state index contributed by atoms with van der Waals surface area (Å²) in [7, 11) is 0. The number of carbonyl (C=O) groups is 1. The molecule has 102 valence electrons. The van der Waals surface area contributed by atoms with Crippen molar-refractivity contribution in [3.63, 3.8) is 0 Å². The maximum atomic E-state index is 11.4. The third-order valence-electron chi connectivity index (χ3n) is 3.03. The molecule has 3 aromatic heterocycles. The second-order valence-corrected chi connectivity index (χ2v) is 5.75. The van der Waals surface area contributed by atoms with E-state index in [4.69, 9.17) is 0 Å². The zero-order valence-corrected chi connectivity index (χ0v) is 11.9. The van der Waals surface area contributed by atoms with Crippen LogP contribution in [-0.2, 0) is 0 Å². The predicted molar refractivity (Wildman–Crippen MR) is 77.3 cm³/mol. The molecule has 0 radical (unpaired) electrons. The summed E-state index contributed by atoms with van der Waals surface area (Å²) in [4.78, 5) is 16.9. The van der Waals surface area contributed by atoms with Crippen molar-refractivity contribution in [2.75, 3.05) is 0 Å². The Labute approximate surface area is 119 Å². The lowest BCUT2D eigenvalue weighted by Crippen LogP contribution is -2.08. The van der Waals surface area contributed by atoms with E-state index >= 15 is 0 Å². The lowest BCUT2D eigenvalue weighted by atomic mass is 10.1. The number of rotatable bonds is 3. The monoisotopic (exact) mass is 287 g/mol. The fourth-order valence-electron chi connectivity index (χ4n) is 1.98. The van der Waals surface area contributed by atoms with Gasteiger partial charge in [0.25, 0.3) is 0 Å². The molecule has 0 unspecified atom stereocenters. The van der Waals surface area contributed by atoms with Gasteiger partial charge in [0.15, 0.2) is 11.3 Å². The van der Waals surface area contributed by atoms with Gasteiger partial charge in [0, 0.05) is 6.07 Å². The minimum absolute atomic E-state index is 0.130. The summed E-state index contributed by atoms with van der Waals surface area (Å²) in [5, 5.41) is 15.6. The molecular weight excluding hydrogens is 274 g/mol. The van der Waals surface area contributed by atoms with E-state index in [1.54, 1.807) is 6.07 Å². The SMILES string of the molecule is CC(C)c1cc2nc(-c3cccs3)cc(C(=O)O)n2n1. The van der Waals surface area contributed by atoms with Gasteiger partial charge in [-0.15, -0.1) is 11.3 Å². The Morgan fingerprint density at radius 3 is 2.80 bits per heavy atom. The minimum Gasteiger partial charge on any atom is -0.477 e. The van der Waals surface area contributed by atoms with Crippen LogP contribution in [0.25, 0.3) is 16.2 Å². The molecule has 0 saturated heterocycles. The van der Waals surface area contributed by atoms with Gasteiger partial charge in [0.1, 0.15) is 0 Å². The van der Waals surface area contributed by atoms with Gasteiger partial charge in [-0.05, 0) is 23.4 Å². The second kappa shape index (κ2) is 4.72. The van der Waals surface area contributed by atoms with E-state index in [1.807, 2.05) is 37.4 Å². The summed E-state index contributed by atoms with van der Waals surface area (Å²) in [6.45, 7) is 4.03. The molecule has 0 saturated carbocycles. The molecule has 0 fully saturated rings. The third-order valence-corrected chi connectivity index (χ3v) is 3.92. The first-order chi connectivity index (χ1) is 9.56. The van der Waals surface area contributed by atoms with Crippen molar-refractivity contribution in [2.24, 2.45) is 0 Å². The number of hydrogen-bond acceptors (Lipinski definition) is 4. The standard InChI is InChI=1S/C14H13N3O2S/c1-8(2)9-7-13-15-10(12-4-3-5-20-12)6-11(14(18)19)17(13)16-9/h3-8H,1-2H3,(H,18,19). The fraction of sp³-hybridized carbons (Fsp3) is 0.214. The number of thiophene rings is 1.